The van der Waals surface area contributed by atoms with Crippen molar-refractivity contribution in [1.82, 2.24) is 4.98 Å². The summed E-state index contributed by atoms with van der Waals surface area (Å²) in [5.41, 5.74) is 5.70. The maximum absolute atomic E-state index is 9.31. The summed E-state index contributed by atoms with van der Waals surface area (Å²) in [7, 11) is 0. The number of thioether (sulfide) groups is 1. The van der Waals surface area contributed by atoms with Gasteiger partial charge in [-0.3, -0.25) is 0 Å². The van der Waals surface area contributed by atoms with Gasteiger partial charge in [-0.2, -0.15) is 0 Å². The van der Waals surface area contributed by atoms with Crippen molar-refractivity contribution in [2.45, 2.75) is 41.5 Å². The highest BCUT2D eigenvalue weighted by Crippen LogP contribution is 2.38. The summed E-state index contributed by atoms with van der Waals surface area (Å²) in [6, 6.07) is 3.68. The molecule has 94 valence electrons. The monoisotopic (exact) mass is 272 g/mol. The summed E-state index contributed by atoms with van der Waals surface area (Å²) in [5.74, 6) is 0. The van der Waals surface area contributed by atoms with Gasteiger partial charge < -0.3 is 10.8 Å². The molecule has 1 aromatic rings. The zero-order chi connectivity index (χ0) is 12.3. The number of aliphatic hydroxyl groups excluding tert-OH is 1. The molecule has 2 rings (SSSR count). The highest BCUT2D eigenvalue weighted by molar-refractivity contribution is 8.00. The van der Waals surface area contributed by atoms with Crippen LogP contribution in [0.2, 0.25) is 5.02 Å². The van der Waals surface area contributed by atoms with Crippen LogP contribution < -0.4 is 5.73 Å². The molecule has 0 bridgehead atoms. The Morgan fingerprint density at radius 2 is 2.47 bits per heavy atom. The van der Waals surface area contributed by atoms with Crippen LogP contribution in [0.3, 0.4) is 0 Å². The molecule has 1 saturated carbocycles. The van der Waals surface area contributed by atoms with Crippen LogP contribution in [-0.2, 0) is 0 Å². The molecular formula is C12H17ClN2OS. The minimum Gasteiger partial charge on any atom is -0.394 e. The Kier molecular flexibility index (Phi) is 4.31. The van der Waals surface area contributed by atoms with E-state index in [-0.39, 0.29) is 6.61 Å². The summed E-state index contributed by atoms with van der Waals surface area (Å²) in [5, 5.41) is 11.3. The Balaban J connectivity index is 2.02. The third-order valence-electron chi connectivity index (χ3n) is 3.15. The van der Waals surface area contributed by atoms with Crippen molar-refractivity contribution in [2.75, 3.05) is 6.61 Å². The van der Waals surface area contributed by atoms with Crippen molar-refractivity contribution in [3.05, 3.63) is 23.4 Å². The van der Waals surface area contributed by atoms with Crippen LogP contribution in [0.5, 0.6) is 0 Å². The first-order valence-electron chi connectivity index (χ1n) is 5.80. The fraction of sp³-hybridized carbons (Fsp3) is 0.583. The molecule has 3 N–H and O–H groups in total. The van der Waals surface area contributed by atoms with E-state index in [0.717, 1.165) is 30.7 Å². The van der Waals surface area contributed by atoms with E-state index in [9.17, 15) is 5.11 Å². The Bertz CT molecular complexity index is 391. The molecule has 1 fully saturated rings. The molecular weight excluding hydrogens is 256 g/mol. The quantitative estimate of drug-likeness (QED) is 0.887. The van der Waals surface area contributed by atoms with Crippen LogP contribution in [0.25, 0.3) is 0 Å². The van der Waals surface area contributed by atoms with E-state index in [1.165, 1.54) is 0 Å². The van der Waals surface area contributed by atoms with Gasteiger partial charge in [-0.1, -0.05) is 18.0 Å². The number of nitrogens with two attached hydrogens (primary N) is 1. The summed E-state index contributed by atoms with van der Waals surface area (Å²) < 4.78 is 0. The number of hydrogen-bond acceptors (Lipinski definition) is 4. The lowest BCUT2D eigenvalue weighted by Gasteiger charge is -2.36. The largest absolute Gasteiger partial charge is 0.394 e. The van der Waals surface area contributed by atoms with Crippen molar-refractivity contribution in [1.29, 1.82) is 0 Å². The second kappa shape index (κ2) is 5.57. The molecule has 17 heavy (non-hydrogen) atoms. The fourth-order valence-corrected chi connectivity index (χ4v) is 3.77. The van der Waals surface area contributed by atoms with Crippen molar-refractivity contribution in [3.8, 4) is 0 Å². The van der Waals surface area contributed by atoms with Gasteiger partial charge in [0.2, 0.25) is 0 Å². The van der Waals surface area contributed by atoms with Crippen molar-refractivity contribution >= 4 is 23.4 Å². The van der Waals surface area contributed by atoms with E-state index in [4.69, 9.17) is 17.3 Å². The lowest BCUT2D eigenvalue weighted by atomic mass is 9.83. The molecule has 5 heteroatoms. The zero-order valence-electron chi connectivity index (χ0n) is 9.60. The summed E-state index contributed by atoms with van der Waals surface area (Å²) in [6.07, 6.45) is 5.63. The number of hydrogen-bond donors (Lipinski definition) is 2. The van der Waals surface area contributed by atoms with Crippen molar-refractivity contribution in [3.63, 3.8) is 0 Å². The predicted octanol–water partition coefficient (Wildman–Crippen LogP) is 2.46. The smallest absolute Gasteiger partial charge is 0.115 e. The molecule has 0 aliphatic heterocycles. The molecule has 0 aromatic carbocycles. The summed E-state index contributed by atoms with van der Waals surface area (Å²) in [4.78, 5) is 4.27. The first kappa shape index (κ1) is 13.1. The van der Waals surface area contributed by atoms with E-state index in [1.54, 1.807) is 18.0 Å². The Morgan fingerprint density at radius 3 is 3.18 bits per heavy atom. The maximum atomic E-state index is 9.31. The van der Waals surface area contributed by atoms with E-state index >= 15 is 0 Å². The van der Waals surface area contributed by atoms with Crippen molar-refractivity contribution in [2.24, 2.45) is 5.73 Å². The van der Waals surface area contributed by atoms with Gasteiger partial charge in [0.1, 0.15) is 5.03 Å². The Labute approximate surface area is 111 Å². The van der Waals surface area contributed by atoms with E-state index < -0.39 is 5.54 Å². The summed E-state index contributed by atoms with van der Waals surface area (Å²) in [6.45, 7) is 0.0556. The fourth-order valence-electron chi connectivity index (χ4n) is 2.20. The number of pyridine rings is 1. The molecule has 1 aliphatic carbocycles. The van der Waals surface area contributed by atoms with Gasteiger partial charge in [-0.05, 0) is 31.4 Å². The lowest BCUT2D eigenvalue weighted by molar-refractivity contribution is 0.159. The molecule has 3 nitrogen and oxygen atoms in total. The zero-order valence-corrected chi connectivity index (χ0v) is 11.2. The maximum Gasteiger partial charge on any atom is 0.115 e. The summed E-state index contributed by atoms with van der Waals surface area (Å²) >= 11 is 7.76. The highest BCUT2D eigenvalue weighted by Gasteiger charge is 2.33. The molecule has 2 atom stereocenters. The third kappa shape index (κ3) is 3.35. The van der Waals surface area contributed by atoms with Crippen LogP contribution in [0.1, 0.15) is 25.7 Å². The second-order valence-electron chi connectivity index (χ2n) is 4.65. The second-order valence-corrected chi connectivity index (χ2v) is 6.34. The van der Waals surface area contributed by atoms with Crippen LogP contribution in [0.15, 0.2) is 23.4 Å². The minimum atomic E-state index is -0.419. The molecule has 0 saturated heterocycles. The SMILES string of the molecule is NC1(CO)CCCC(Sc2ncccc2Cl)C1. The average Bonchev–Trinajstić information content (AvgIpc) is 2.32. The number of nitrogens with zero attached hydrogens (tertiary/aromatic N) is 1. The van der Waals surface area contributed by atoms with Gasteiger partial charge in [-0.25, -0.2) is 4.98 Å². The standard InChI is InChI=1S/C12H17ClN2OS/c13-10-4-2-6-15-11(10)17-9-3-1-5-12(14,7-9)8-16/h2,4,6,9,16H,1,3,5,7-8,14H2. The molecule has 0 radical (unpaired) electrons. The molecule has 1 aliphatic rings. The van der Waals surface area contributed by atoms with Crippen molar-refractivity contribution < 1.29 is 5.11 Å². The van der Waals surface area contributed by atoms with Crippen LogP contribution in [0, 0.1) is 0 Å². The molecule has 1 aromatic heterocycles. The minimum absolute atomic E-state index is 0.0556. The van der Waals surface area contributed by atoms with E-state index in [0.29, 0.717) is 10.3 Å². The van der Waals surface area contributed by atoms with Gasteiger partial charge >= 0.3 is 0 Å². The predicted molar refractivity (Wildman–Crippen MR) is 71.4 cm³/mol. The molecule has 0 amide bonds. The highest BCUT2D eigenvalue weighted by atomic mass is 35.5. The average molecular weight is 273 g/mol. The van der Waals surface area contributed by atoms with Crippen LogP contribution >= 0.6 is 23.4 Å². The topological polar surface area (TPSA) is 59.1 Å². The van der Waals surface area contributed by atoms with Gasteiger partial charge in [-0.15, -0.1) is 11.8 Å². The number of halogens is 1. The van der Waals surface area contributed by atoms with Gasteiger partial charge in [0.05, 0.1) is 11.6 Å². The Hall–Kier alpha value is -0.290. The molecule has 2 unspecified atom stereocenters. The van der Waals surface area contributed by atoms with Gasteiger partial charge in [0.25, 0.3) is 0 Å². The third-order valence-corrected chi connectivity index (χ3v) is 4.85. The number of aromatic nitrogens is 1. The lowest BCUT2D eigenvalue weighted by Crippen LogP contribution is -2.48. The van der Waals surface area contributed by atoms with Gasteiger partial charge in [0, 0.05) is 17.0 Å². The van der Waals surface area contributed by atoms with Gasteiger partial charge in [0.15, 0.2) is 0 Å². The van der Waals surface area contributed by atoms with E-state index in [1.807, 2.05) is 12.1 Å². The molecule has 0 spiro atoms. The normalized spacial score (nSPS) is 29.2. The van der Waals surface area contributed by atoms with Crippen LogP contribution in [0.4, 0.5) is 0 Å². The number of rotatable bonds is 3. The molecule has 1 heterocycles. The van der Waals surface area contributed by atoms with E-state index in [2.05, 4.69) is 4.98 Å². The number of aliphatic hydroxyl groups is 1. The first-order chi connectivity index (χ1) is 8.13. The first-order valence-corrected chi connectivity index (χ1v) is 7.06. The Morgan fingerprint density at radius 1 is 1.65 bits per heavy atom. The van der Waals surface area contributed by atoms with Crippen LogP contribution in [-0.4, -0.2) is 27.5 Å².